The van der Waals surface area contributed by atoms with Gasteiger partial charge in [0.1, 0.15) is 0 Å². The number of halogens is 1. The highest BCUT2D eigenvalue weighted by atomic mass is 35.5. The number of thiophene rings is 1. The number of unbranched alkanes of at least 4 members (excludes halogenated alkanes) is 1. The fourth-order valence-electron chi connectivity index (χ4n) is 1.83. The molecule has 0 unspecified atom stereocenters. The van der Waals surface area contributed by atoms with Crippen molar-refractivity contribution >= 4 is 34.5 Å². The van der Waals surface area contributed by atoms with Crippen LogP contribution in [0, 0.1) is 0 Å². The molecule has 0 bridgehead atoms. The molecule has 0 spiro atoms. The number of alkyl halides is 1. The van der Waals surface area contributed by atoms with Crippen LogP contribution in [0.2, 0.25) is 0 Å². The molecule has 0 atom stereocenters. The number of hydrogen-bond acceptors (Lipinski definition) is 2. The maximum absolute atomic E-state index is 11.9. The molecule has 0 aliphatic rings. The number of anilines is 1. The Morgan fingerprint density at radius 2 is 2.00 bits per heavy atom. The number of nitrogens with one attached hydrogen (secondary N) is 1. The lowest BCUT2D eigenvalue weighted by molar-refractivity contribution is -0.116. The largest absolute Gasteiger partial charge is 0.325 e. The Balaban J connectivity index is 2.06. The lowest BCUT2D eigenvalue weighted by atomic mass is 10.1. The van der Waals surface area contributed by atoms with Crippen molar-refractivity contribution in [2.24, 2.45) is 0 Å². The number of carbonyl (C=O) groups excluding carboxylic acids is 1. The third-order valence-corrected chi connectivity index (χ3v) is 3.95. The summed E-state index contributed by atoms with van der Waals surface area (Å²) < 4.78 is 0. The van der Waals surface area contributed by atoms with E-state index in [9.17, 15) is 4.79 Å². The molecule has 2 aromatic rings. The van der Waals surface area contributed by atoms with E-state index in [1.165, 1.54) is 0 Å². The molecule has 0 fully saturated rings. The van der Waals surface area contributed by atoms with E-state index in [1.54, 1.807) is 11.3 Å². The summed E-state index contributed by atoms with van der Waals surface area (Å²) in [7, 11) is 0. The van der Waals surface area contributed by atoms with Gasteiger partial charge in [-0.2, -0.15) is 0 Å². The first kappa shape index (κ1) is 14.1. The lowest BCUT2D eigenvalue weighted by Gasteiger charge is -2.09. The maximum Gasteiger partial charge on any atom is 0.224 e. The zero-order valence-corrected chi connectivity index (χ0v) is 12.1. The molecule has 2 nitrogen and oxygen atoms in total. The van der Waals surface area contributed by atoms with Gasteiger partial charge in [0.25, 0.3) is 0 Å². The van der Waals surface area contributed by atoms with E-state index in [0.717, 1.165) is 29.0 Å². The zero-order chi connectivity index (χ0) is 13.5. The Kier molecular flexibility index (Phi) is 5.43. The van der Waals surface area contributed by atoms with Crippen molar-refractivity contribution in [3.63, 3.8) is 0 Å². The summed E-state index contributed by atoms with van der Waals surface area (Å²) in [5.41, 5.74) is 1.95. The fourth-order valence-corrected chi connectivity index (χ4v) is 2.79. The first-order chi connectivity index (χ1) is 9.31. The third kappa shape index (κ3) is 4.08. The van der Waals surface area contributed by atoms with Gasteiger partial charge in [-0.1, -0.05) is 24.3 Å². The number of rotatable bonds is 6. The predicted molar refractivity (Wildman–Crippen MR) is 83.0 cm³/mol. The normalized spacial score (nSPS) is 10.4. The smallest absolute Gasteiger partial charge is 0.224 e. The standard InChI is InChI=1S/C15H16ClNOS/c16-10-4-3-9-15(18)17-13-7-2-1-6-12(13)14-8-5-11-19-14/h1-2,5-8,11H,3-4,9-10H2,(H,17,18). The van der Waals surface area contributed by atoms with Crippen LogP contribution in [-0.2, 0) is 4.79 Å². The number of carbonyl (C=O) groups is 1. The van der Waals surface area contributed by atoms with Crippen LogP contribution in [0.15, 0.2) is 41.8 Å². The minimum absolute atomic E-state index is 0.0501. The second-order valence-electron chi connectivity index (χ2n) is 4.22. The van der Waals surface area contributed by atoms with Crippen LogP contribution >= 0.6 is 22.9 Å². The predicted octanol–water partition coefficient (Wildman–Crippen LogP) is 4.76. The van der Waals surface area contributed by atoms with E-state index in [0.29, 0.717) is 12.3 Å². The van der Waals surface area contributed by atoms with Crippen LogP contribution in [0.25, 0.3) is 10.4 Å². The molecule has 1 N–H and O–H groups in total. The van der Waals surface area contributed by atoms with Crippen LogP contribution in [0.4, 0.5) is 5.69 Å². The number of amides is 1. The van der Waals surface area contributed by atoms with Crippen LogP contribution < -0.4 is 5.32 Å². The topological polar surface area (TPSA) is 29.1 Å². The monoisotopic (exact) mass is 293 g/mol. The van der Waals surface area contributed by atoms with Gasteiger partial charge in [0, 0.05) is 28.4 Å². The Hall–Kier alpha value is -1.32. The van der Waals surface area contributed by atoms with Gasteiger partial charge in [-0.15, -0.1) is 22.9 Å². The second-order valence-corrected chi connectivity index (χ2v) is 5.54. The molecule has 1 amide bonds. The summed E-state index contributed by atoms with van der Waals surface area (Å²) in [6, 6.07) is 12.0. The molecule has 0 aliphatic carbocycles. The summed E-state index contributed by atoms with van der Waals surface area (Å²) in [6.45, 7) is 0. The van der Waals surface area contributed by atoms with Crippen molar-refractivity contribution in [1.82, 2.24) is 0 Å². The molecule has 4 heteroatoms. The van der Waals surface area contributed by atoms with Gasteiger partial charge < -0.3 is 5.32 Å². The minimum atomic E-state index is 0.0501. The molecule has 0 saturated carbocycles. The second kappa shape index (κ2) is 7.31. The Morgan fingerprint density at radius 1 is 1.16 bits per heavy atom. The van der Waals surface area contributed by atoms with Crippen molar-refractivity contribution in [1.29, 1.82) is 0 Å². The Bertz CT molecular complexity index is 525. The van der Waals surface area contributed by atoms with Gasteiger partial charge in [0.2, 0.25) is 5.91 Å². The minimum Gasteiger partial charge on any atom is -0.325 e. The first-order valence-electron chi connectivity index (χ1n) is 6.30. The quantitative estimate of drug-likeness (QED) is 0.603. The van der Waals surface area contributed by atoms with Gasteiger partial charge in [-0.25, -0.2) is 0 Å². The van der Waals surface area contributed by atoms with E-state index in [1.807, 2.05) is 35.7 Å². The number of benzene rings is 1. The molecule has 1 aromatic carbocycles. The van der Waals surface area contributed by atoms with E-state index >= 15 is 0 Å². The average Bonchev–Trinajstić information content (AvgIpc) is 2.93. The Labute approximate surface area is 122 Å². The van der Waals surface area contributed by atoms with Gasteiger partial charge >= 0.3 is 0 Å². The molecular formula is C15H16ClNOS. The lowest BCUT2D eigenvalue weighted by Crippen LogP contribution is -2.11. The van der Waals surface area contributed by atoms with E-state index < -0.39 is 0 Å². The van der Waals surface area contributed by atoms with Gasteiger partial charge in [0.15, 0.2) is 0 Å². The molecule has 0 radical (unpaired) electrons. The summed E-state index contributed by atoms with van der Waals surface area (Å²) in [4.78, 5) is 13.0. The highest BCUT2D eigenvalue weighted by molar-refractivity contribution is 7.13. The number of para-hydroxylation sites is 1. The summed E-state index contributed by atoms with van der Waals surface area (Å²) in [5, 5.41) is 5.02. The van der Waals surface area contributed by atoms with Crippen LogP contribution in [0.1, 0.15) is 19.3 Å². The average molecular weight is 294 g/mol. The van der Waals surface area contributed by atoms with E-state index in [4.69, 9.17) is 11.6 Å². The van der Waals surface area contributed by atoms with Crippen LogP contribution in [0.3, 0.4) is 0 Å². The van der Waals surface area contributed by atoms with Gasteiger partial charge in [-0.05, 0) is 30.4 Å². The first-order valence-corrected chi connectivity index (χ1v) is 7.71. The zero-order valence-electron chi connectivity index (χ0n) is 10.6. The van der Waals surface area contributed by atoms with Crippen LogP contribution in [-0.4, -0.2) is 11.8 Å². The summed E-state index contributed by atoms with van der Waals surface area (Å²) in [5.74, 6) is 0.660. The van der Waals surface area contributed by atoms with Crippen molar-refractivity contribution in [3.8, 4) is 10.4 Å². The summed E-state index contributed by atoms with van der Waals surface area (Å²) >= 11 is 7.28. The van der Waals surface area contributed by atoms with E-state index in [-0.39, 0.29) is 5.91 Å². The molecule has 19 heavy (non-hydrogen) atoms. The number of hydrogen-bond donors (Lipinski definition) is 1. The SMILES string of the molecule is O=C(CCCCCl)Nc1ccccc1-c1cccs1. The maximum atomic E-state index is 11.9. The fraction of sp³-hybridized carbons (Fsp3) is 0.267. The van der Waals surface area contributed by atoms with Crippen molar-refractivity contribution in [2.45, 2.75) is 19.3 Å². The van der Waals surface area contributed by atoms with Crippen molar-refractivity contribution < 1.29 is 4.79 Å². The Morgan fingerprint density at radius 3 is 2.74 bits per heavy atom. The molecule has 0 saturated heterocycles. The highest BCUT2D eigenvalue weighted by Gasteiger charge is 2.08. The molecule has 2 rings (SSSR count). The highest BCUT2D eigenvalue weighted by Crippen LogP contribution is 2.31. The molecular weight excluding hydrogens is 278 g/mol. The van der Waals surface area contributed by atoms with Gasteiger partial charge in [0.05, 0.1) is 0 Å². The third-order valence-electron chi connectivity index (χ3n) is 2.78. The molecule has 100 valence electrons. The van der Waals surface area contributed by atoms with E-state index in [2.05, 4.69) is 11.4 Å². The summed E-state index contributed by atoms with van der Waals surface area (Å²) in [6.07, 6.45) is 2.23. The van der Waals surface area contributed by atoms with Crippen molar-refractivity contribution in [2.75, 3.05) is 11.2 Å². The molecule has 0 aliphatic heterocycles. The van der Waals surface area contributed by atoms with Crippen molar-refractivity contribution in [3.05, 3.63) is 41.8 Å². The van der Waals surface area contributed by atoms with Crippen LogP contribution in [0.5, 0.6) is 0 Å². The molecule has 1 aromatic heterocycles. The molecule has 1 heterocycles. The van der Waals surface area contributed by atoms with Gasteiger partial charge in [-0.3, -0.25) is 4.79 Å².